The SMILES string of the molecule is CC(=O)OC[C@H]1O[C@H](O[C@@H](CC(=O)OC(C)(C)C)C(=O)OC(C)(C)C)[C@H](NC(=O)[C@H](CSSC[C@H](NC(=O)OC(C)(C)C)C(=O)N[C@H]2[C@@H](O[C@@H](CC(=O)OC(C)(C)C)C(=O)OC(C)(C)C)O[C@H](COC(C)=O)[C@@H](OC(C)=O)[C@@H]2OC(C)=O)NC(=O)OC(C)(C)C)[C@@H](OC(C)=O)[C@@H]1OC(C)=O. The van der Waals surface area contributed by atoms with Crippen molar-refractivity contribution in [1.82, 2.24) is 21.3 Å². The molecule has 570 valence electrons. The van der Waals surface area contributed by atoms with Crippen molar-refractivity contribution in [2.24, 2.45) is 0 Å². The van der Waals surface area contributed by atoms with Crippen molar-refractivity contribution in [1.29, 1.82) is 0 Å². The number of nitrogens with one attached hydrogen (secondary N) is 4. The van der Waals surface area contributed by atoms with Gasteiger partial charge in [0.1, 0.15) is 83.2 Å². The lowest BCUT2D eigenvalue weighted by Gasteiger charge is -2.46. The van der Waals surface area contributed by atoms with Crippen LogP contribution in [0.3, 0.4) is 0 Å². The predicted molar refractivity (Wildman–Crippen MR) is 350 cm³/mol. The molecule has 0 bridgehead atoms. The Hall–Kier alpha value is -7.28. The Morgan fingerprint density at radius 2 is 0.640 bits per heavy atom. The van der Waals surface area contributed by atoms with Crippen LogP contribution in [0.4, 0.5) is 9.59 Å². The minimum atomic E-state index is -2.04. The molecule has 2 saturated heterocycles. The van der Waals surface area contributed by atoms with Crippen molar-refractivity contribution in [2.45, 2.75) is 298 Å². The quantitative estimate of drug-likeness (QED) is 0.0350. The minimum absolute atomic E-state index is 0.506. The van der Waals surface area contributed by atoms with Gasteiger partial charge in [-0.3, -0.25) is 47.9 Å². The number of rotatable bonds is 29. The highest BCUT2D eigenvalue weighted by molar-refractivity contribution is 8.76. The van der Waals surface area contributed by atoms with Gasteiger partial charge in [-0.2, -0.15) is 0 Å². The van der Waals surface area contributed by atoms with E-state index < -0.39 is 240 Å². The maximum absolute atomic E-state index is 15.1. The molecule has 2 fully saturated rings. The molecule has 4 N–H and O–H groups in total. The first-order chi connectivity index (χ1) is 45.5. The second-order valence-electron chi connectivity index (χ2n) is 28.9. The first-order valence-electron chi connectivity index (χ1n) is 31.8. The summed E-state index contributed by atoms with van der Waals surface area (Å²) in [6.07, 6.45) is -22.5. The molecular formula is C64H102N4O30S2. The monoisotopic (exact) mass is 1470 g/mol. The van der Waals surface area contributed by atoms with E-state index in [-0.39, 0.29) is 0 Å². The number of hydrogen-bond acceptors (Lipinski definition) is 32. The summed E-state index contributed by atoms with van der Waals surface area (Å²) >= 11 is 0. The van der Waals surface area contributed by atoms with Crippen molar-refractivity contribution >= 4 is 105 Å². The van der Waals surface area contributed by atoms with Gasteiger partial charge < -0.3 is 97.1 Å². The third kappa shape index (κ3) is 35.4. The van der Waals surface area contributed by atoms with Gasteiger partial charge in [-0.15, -0.1) is 0 Å². The highest BCUT2D eigenvalue weighted by Gasteiger charge is 2.55. The van der Waals surface area contributed by atoms with Crippen molar-refractivity contribution in [3.8, 4) is 0 Å². The Morgan fingerprint density at radius 3 is 0.890 bits per heavy atom. The first-order valence-corrected chi connectivity index (χ1v) is 34.3. The molecule has 0 aliphatic carbocycles. The summed E-state index contributed by atoms with van der Waals surface area (Å²) < 4.78 is 91.4. The fourth-order valence-corrected chi connectivity index (χ4v) is 11.2. The molecular weight excluding hydrogens is 1370 g/mol. The lowest BCUT2D eigenvalue weighted by Crippen LogP contribution is -2.68. The molecule has 34 nitrogen and oxygen atoms in total. The Balaban J connectivity index is 2.97. The summed E-state index contributed by atoms with van der Waals surface area (Å²) in [6.45, 7) is 32.1. The van der Waals surface area contributed by atoms with Crippen LogP contribution in [0.5, 0.6) is 0 Å². The molecule has 0 spiro atoms. The van der Waals surface area contributed by atoms with E-state index >= 15 is 9.59 Å². The van der Waals surface area contributed by atoms with Gasteiger partial charge in [-0.05, 0) is 125 Å². The van der Waals surface area contributed by atoms with Crippen LogP contribution in [0.25, 0.3) is 0 Å². The molecule has 2 aliphatic heterocycles. The molecule has 36 heteroatoms. The molecule has 0 aromatic rings. The molecule has 0 unspecified atom stereocenters. The molecule has 0 radical (unpaired) electrons. The maximum atomic E-state index is 15.1. The largest absolute Gasteiger partial charge is 0.463 e. The van der Waals surface area contributed by atoms with Crippen LogP contribution < -0.4 is 21.3 Å². The van der Waals surface area contributed by atoms with Gasteiger partial charge in [-0.25, -0.2) is 19.2 Å². The molecule has 2 aliphatic rings. The Labute approximate surface area is 590 Å². The summed E-state index contributed by atoms with van der Waals surface area (Å²) in [4.78, 5) is 189. The van der Waals surface area contributed by atoms with Crippen molar-refractivity contribution < 1.29 is 143 Å². The zero-order chi connectivity index (χ0) is 77.0. The van der Waals surface area contributed by atoms with E-state index in [4.69, 9.17) is 75.8 Å². The zero-order valence-corrected chi connectivity index (χ0v) is 63.0. The molecule has 2 rings (SSSR count). The van der Waals surface area contributed by atoms with Crippen LogP contribution in [0.2, 0.25) is 0 Å². The number of alkyl carbamates (subject to hydrolysis) is 2. The van der Waals surface area contributed by atoms with E-state index in [1.165, 1.54) is 83.1 Å². The van der Waals surface area contributed by atoms with Crippen LogP contribution in [-0.2, 0) is 133 Å². The average molecular weight is 1470 g/mol. The minimum Gasteiger partial charge on any atom is -0.463 e. The summed E-state index contributed by atoms with van der Waals surface area (Å²) in [6, 6.07) is -7.31. The molecule has 100 heavy (non-hydrogen) atoms. The zero-order valence-electron chi connectivity index (χ0n) is 61.4. The lowest BCUT2D eigenvalue weighted by atomic mass is 9.95. The summed E-state index contributed by atoms with van der Waals surface area (Å²) in [5.74, 6) is -13.4. The molecule has 0 saturated carbocycles. The third-order valence-corrected chi connectivity index (χ3v) is 14.5. The van der Waals surface area contributed by atoms with Crippen LogP contribution in [0.1, 0.15) is 179 Å². The van der Waals surface area contributed by atoms with Crippen LogP contribution >= 0.6 is 21.6 Å². The number of carbonyl (C=O) groups excluding carboxylic acids is 14. The van der Waals surface area contributed by atoms with E-state index in [1.807, 2.05) is 0 Å². The lowest BCUT2D eigenvalue weighted by molar-refractivity contribution is -0.288. The number of ether oxygens (including phenoxy) is 16. The average Bonchev–Trinajstić information content (AvgIpc) is 0.784. The fraction of sp³-hybridized carbons (Fsp3) is 0.781. The van der Waals surface area contributed by atoms with Gasteiger partial charge in [0.25, 0.3) is 0 Å². The van der Waals surface area contributed by atoms with Crippen LogP contribution in [0.15, 0.2) is 0 Å². The Kier molecular flexibility index (Phi) is 33.9. The molecule has 2 heterocycles. The fourth-order valence-electron chi connectivity index (χ4n) is 8.87. The van der Waals surface area contributed by atoms with E-state index in [2.05, 4.69) is 21.3 Å². The van der Waals surface area contributed by atoms with Gasteiger partial charge in [-0.1, -0.05) is 21.6 Å². The van der Waals surface area contributed by atoms with Gasteiger partial charge in [0.2, 0.25) is 11.8 Å². The predicted octanol–water partition coefficient (Wildman–Crippen LogP) is 4.34. The van der Waals surface area contributed by atoms with Crippen LogP contribution in [-0.4, -0.2) is 228 Å². The van der Waals surface area contributed by atoms with E-state index in [0.717, 1.165) is 63.1 Å². The van der Waals surface area contributed by atoms with Gasteiger partial charge in [0, 0.05) is 53.0 Å². The maximum Gasteiger partial charge on any atom is 0.408 e. The standard InChI is InChI=1S/C64H102N4O30S2/c1-31(69)83-27-41-47(85-33(3)71)49(87-35(5)73)45(55(91-41)89-39(53(79)95-61(13,14)15)25-43(75)93-59(7,8)9)67-51(77)37(65-57(81)97-63(19,20)21)29-99-100-30-38(66-58(82)98-64(22,23)24)52(78)68-46-50(88-36(6)74)48(86-34(4)72)42(28-84-32(2)70)92-56(46)90-40(54(80)96-62(16,17)18)26-44(76)94-60(10,11)12/h37-42,45-50,55-56H,25-30H2,1-24H3,(H,65,81)(H,66,82)(H,67,77)(H,68,78)/t37-,38-,39-,40-,41+,42+,45+,46+,47+,48+,49+,50+,55-,56-/m0/s1. The molecule has 14 atom stereocenters. The topological polar surface area (TPSA) is 435 Å². The summed E-state index contributed by atoms with van der Waals surface area (Å²) in [5.41, 5.74) is -6.96. The van der Waals surface area contributed by atoms with Crippen molar-refractivity contribution in [3.63, 3.8) is 0 Å². The second-order valence-corrected chi connectivity index (χ2v) is 31.5. The normalized spacial score (nSPS) is 22.3. The Morgan fingerprint density at radius 1 is 0.370 bits per heavy atom. The smallest absolute Gasteiger partial charge is 0.408 e. The van der Waals surface area contributed by atoms with E-state index in [9.17, 15) is 57.5 Å². The van der Waals surface area contributed by atoms with Gasteiger partial charge in [0.15, 0.2) is 49.2 Å². The Bertz CT molecular complexity index is 2700. The number of amides is 4. The first kappa shape index (κ1) is 88.8. The molecule has 0 aromatic heterocycles. The van der Waals surface area contributed by atoms with E-state index in [0.29, 0.717) is 0 Å². The number of hydrogen-bond donors (Lipinski definition) is 4. The highest BCUT2D eigenvalue weighted by atomic mass is 33.1. The third-order valence-electron chi connectivity index (χ3n) is 12.1. The highest BCUT2D eigenvalue weighted by Crippen LogP contribution is 2.34. The summed E-state index contributed by atoms with van der Waals surface area (Å²) in [7, 11) is 1.56. The van der Waals surface area contributed by atoms with E-state index in [1.54, 1.807) is 41.5 Å². The molecule has 4 amide bonds. The number of esters is 10. The van der Waals surface area contributed by atoms with Gasteiger partial charge >= 0.3 is 71.9 Å². The summed E-state index contributed by atoms with van der Waals surface area (Å²) in [5, 5.41) is 10.1. The van der Waals surface area contributed by atoms with Crippen molar-refractivity contribution in [3.05, 3.63) is 0 Å². The second kappa shape index (κ2) is 38.1. The molecule has 0 aromatic carbocycles. The van der Waals surface area contributed by atoms with Gasteiger partial charge in [0.05, 0.1) is 12.8 Å². The number of carbonyl (C=O) groups is 14. The van der Waals surface area contributed by atoms with Crippen LogP contribution in [0, 0.1) is 0 Å². The van der Waals surface area contributed by atoms with Crippen molar-refractivity contribution in [2.75, 3.05) is 24.7 Å².